The Hall–Kier alpha value is -3.98. The van der Waals surface area contributed by atoms with Gasteiger partial charge in [0, 0.05) is 36.7 Å². The number of carbonyl (C=O) groups is 1. The largest absolute Gasteiger partial charge is 0.383 e. The second kappa shape index (κ2) is 9.48. The minimum atomic E-state index is -0.344. The Balaban J connectivity index is 1.33. The van der Waals surface area contributed by atoms with Crippen molar-refractivity contribution in [1.29, 1.82) is 0 Å². The van der Waals surface area contributed by atoms with Gasteiger partial charge >= 0.3 is 0 Å². The van der Waals surface area contributed by atoms with Crippen molar-refractivity contribution in [3.63, 3.8) is 0 Å². The minimum absolute atomic E-state index is 0.0369. The lowest BCUT2D eigenvalue weighted by Crippen LogP contribution is -2.15. The van der Waals surface area contributed by atoms with Crippen molar-refractivity contribution in [2.45, 2.75) is 31.7 Å². The minimum Gasteiger partial charge on any atom is -0.383 e. The zero-order chi connectivity index (χ0) is 23.5. The summed E-state index contributed by atoms with van der Waals surface area (Å²) in [6.07, 6.45) is 7.56. The predicted octanol–water partition coefficient (Wildman–Crippen LogP) is 4.13. The number of hydrogen-bond acceptors (Lipinski definition) is 7. The van der Waals surface area contributed by atoms with E-state index in [1.165, 1.54) is 12.8 Å². The van der Waals surface area contributed by atoms with Crippen LogP contribution < -0.4 is 5.32 Å². The summed E-state index contributed by atoms with van der Waals surface area (Å²) in [4.78, 5) is 26.3. The normalized spacial score (nSPS) is 14.1. The standard InChI is InChI=1S/C25H25N7O2/c1-16(14-34-2)32-15-28-31-24(32)21-4-3-5-23(29-21)30-25(33)22-12-18(10-11-26-22)19-8-9-20(27-13-19)17-6-7-17/h3-5,8-13,15-17H,6-7,14H2,1-2H3,(H,29,30,33)/t16-/m0/s1. The first-order valence-electron chi connectivity index (χ1n) is 11.2. The van der Waals surface area contributed by atoms with Gasteiger partial charge in [0.05, 0.1) is 12.6 Å². The molecule has 9 heteroatoms. The number of amides is 1. The molecule has 1 aliphatic rings. The Morgan fingerprint density at radius 2 is 2.06 bits per heavy atom. The van der Waals surface area contributed by atoms with Crippen LogP contribution in [0.15, 0.2) is 61.2 Å². The monoisotopic (exact) mass is 455 g/mol. The Kier molecular flexibility index (Phi) is 6.09. The molecule has 9 nitrogen and oxygen atoms in total. The summed E-state index contributed by atoms with van der Waals surface area (Å²) < 4.78 is 7.13. The van der Waals surface area contributed by atoms with E-state index in [9.17, 15) is 4.79 Å². The number of hydrogen-bond donors (Lipinski definition) is 1. The molecular formula is C25H25N7O2. The number of carbonyl (C=O) groups excluding carboxylic acids is 1. The number of nitrogens with zero attached hydrogens (tertiary/aromatic N) is 6. The van der Waals surface area contributed by atoms with Gasteiger partial charge in [0.15, 0.2) is 5.82 Å². The Morgan fingerprint density at radius 3 is 2.82 bits per heavy atom. The first-order valence-corrected chi connectivity index (χ1v) is 11.2. The summed E-state index contributed by atoms with van der Waals surface area (Å²) in [5.74, 6) is 1.26. The SMILES string of the molecule is COC[C@H](C)n1cnnc1-c1cccc(NC(=O)c2cc(-c3ccc(C4CC4)nc3)ccn2)n1. The molecule has 1 fully saturated rings. The maximum Gasteiger partial charge on any atom is 0.275 e. The van der Waals surface area contributed by atoms with Gasteiger partial charge in [-0.2, -0.15) is 0 Å². The van der Waals surface area contributed by atoms with Crippen LogP contribution in [0.2, 0.25) is 0 Å². The molecule has 0 saturated heterocycles. The van der Waals surface area contributed by atoms with Gasteiger partial charge in [0.1, 0.15) is 23.5 Å². The average Bonchev–Trinajstić information content (AvgIpc) is 3.60. The third-order valence-electron chi connectivity index (χ3n) is 5.78. The van der Waals surface area contributed by atoms with Crippen molar-refractivity contribution < 1.29 is 9.53 Å². The van der Waals surface area contributed by atoms with Gasteiger partial charge in [-0.15, -0.1) is 10.2 Å². The lowest BCUT2D eigenvalue weighted by atomic mass is 10.1. The van der Waals surface area contributed by atoms with Gasteiger partial charge in [0.25, 0.3) is 5.91 Å². The van der Waals surface area contributed by atoms with E-state index in [0.29, 0.717) is 35.6 Å². The van der Waals surface area contributed by atoms with Crippen LogP contribution in [-0.4, -0.2) is 49.3 Å². The van der Waals surface area contributed by atoms with Crippen molar-refractivity contribution in [3.05, 3.63) is 72.6 Å². The van der Waals surface area contributed by atoms with E-state index in [2.05, 4.69) is 36.5 Å². The lowest BCUT2D eigenvalue weighted by molar-refractivity contribution is 0.102. The fourth-order valence-corrected chi connectivity index (χ4v) is 3.81. The van der Waals surface area contributed by atoms with Crippen LogP contribution in [0.5, 0.6) is 0 Å². The van der Waals surface area contributed by atoms with E-state index < -0.39 is 0 Å². The molecule has 1 saturated carbocycles. The van der Waals surface area contributed by atoms with Gasteiger partial charge < -0.3 is 14.6 Å². The summed E-state index contributed by atoms with van der Waals surface area (Å²) in [6.45, 7) is 2.53. The molecule has 172 valence electrons. The summed E-state index contributed by atoms with van der Waals surface area (Å²) in [6, 6.07) is 13.1. The highest BCUT2D eigenvalue weighted by Crippen LogP contribution is 2.39. The first kappa shape index (κ1) is 21.8. The number of ether oxygens (including phenoxy) is 1. The van der Waals surface area contributed by atoms with Crippen LogP contribution in [-0.2, 0) is 4.74 Å². The zero-order valence-electron chi connectivity index (χ0n) is 19.0. The van der Waals surface area contributed by atoms with Crippen molar-refractivity contribution in [1.82, 2.24) is 29.7 Å². The van der Waals surface area contributed by atoms with E-state index in [1.54, 1.807) is 31.8 Å². The predicted molar refractivity (Wildman–Crippen MR) is 127 cm³/mol. The van der Waals surface area contributed by atoms with Crippen molar-refractivity contribution in [2.75, 3.05) is 19.0 Å². The zero-order valence-corrected chi connectivity index (χ0v) is 19.0. The average molecular weight is 456 g/mol. The van der Waals surface area contributed by atoms with Gasteiger partial charge in [-0.05, 0) is 55.7 Å². The van der Waals surface area contributed by atoms with Crippen molar-refractivity contribution >= 4 is 11.7 Å². The molecule has 1 aliphatic carbocycles. The Labute approximate surface area is 197 Å². The summed E-state index contributed by atoms with van der Waals surface area (Å²) in [5.41, 5.74) is 3.87. The topological polar surface area (TPSA) is 108 Å². The third kappa shape index (κ3) is 4.69. The fraction of sp³-hybridized carbons (Fsp3) is 0.280. The number of methoxy groups -OCH3 is 1. The van der Waals surface area contributed by atoms with Crippen LogP contribution in [0.1, 0.15) is 47.9 Å². The molecule has 1 N–H and O–H groups in total. The number of anilines is 1. The molecular weight excluding hydrogens is 430 g/mol. The molecule has 0 unspecified atom stereocenters. The molecule has 1 amide bonds. The molecule has 0 radical (unpaired) electrons. The lowest BCUT2D eigenvalue weighted by Gasteiger charge is -2.14. The van der Waals surface area contributed by atoms with Crippen LogP contribution in [0.3, 0.4) is 0 Å². The summed E-state index contributed by atoms with van der Waals surface area (Å²) in [5, 5.41) is 11.0. The van der Waals surface area contributed by atoms with Crippen LogP contribution in [0.4, 0.5) is 5.82 Å². The van der Waals surface area contributed by atoms with E-state index in [4.69, 9.17) is 4.74 Å². The van der Waals surface area contributed by atoms with Crippen molar-refractivity contribution in [3.8, 4) is 22.6 Å². The highest BCUT2D eigenvalue weighted by Gasteiger charge is 2.24. The highest BCUT2D eigenvalue weighted by molar-refractivity contribution is 6.03. The molecule has 0 aromatic carbocycles. The molecule has 0 bridgehead atoms. The maximum absolute atomic E-state index is 12.9. The molecule has 0 spiro atoms. The van der Waals surface area contributed by atoms with E-state index in [0.717, 1.165) is 16.8 Å². The molecule has 4 heterocycles. The fourth-order valence-electron chi connectivity index (χ4n) is 3.81. The van der Waals surface area contributed by atoms with E-state index in [1.807, 2.05) is 42.0 Å². The summed E-state index contributed by atoms with van der Waals surface area (Å²) in [7, 11) is 1.65. The molecule has 1 atom stereocenters. The van der Waals surface area contributed by atoms with Gasteiger partial charge in [-0.1, -0.05) is 12.1 Å². The Bertz CT molecular complexity index is 1300. The molecule has 4 aromatic heterocycles. The van der Waals surface area contributed by atoms with E-state index >= 15 is 0 Å². The summed E-state index contributed by atoms with van der Waals surface area (Å²) >= 11 is 0. The van der Waals surface area contributed by atoms with Crippen LogP contribution in [0.25, 0.3) is 22.6 Å². The number of aromatic nitrogens is 6. The maximum atomic E-state index is 12.9. The van der Waals surface area contributed by atoms with Crippen LogP contribution >= 0.6 is 0 Å². The first-order chi connectivity index (χ1) is 16.6. The molecule has 0 aliphatic heterocycles. The van der Waals surface area contributed by atoms with Crippen molar-refractivity contribution in [2.24, 2.45) is 0 Å². The van der Waals surface area contributed by atoms with Crippen LogP contribution in [0, 0.1) is 0 Å². The molecule has 5 rings (SSSR count). The highest BCUT2D eigenvalue weighted by atomic mass is 16.5. The van der Waals surface area contributed by atoms with Gasteiger partial charge in [-0.25, -0.2) is 4.98 Å². The molecule has 4 aromatic rings. The molecule has 34 heavy (non-hydrogen) atoms. The number of pyridine rings is 3. The third-order valence-corrected chi connectivity index (χ3v) is 5.78. The Morgan fingerprint density at radius 1 is 1.18 bits per heavy atom. The quantitative estimate of drug-likeness (QED) is 0.425. The number of nitrogens with one attached hydrogen (secondary N) is 1. The second-order valence-electron chi connectivity index (χ2n) is 8.40. The van der Waals surface area contributed by atoms with E-state index in [-0.39, 0.29) is 11.9 Å². The second-order valence-corrected chi connectivity index (χ2v) is 8.40. The van der Waals surface area contributed by atoms with Gasteiger partial charge in [-0.3, -0.25) is 14.8 Å². The van der Waals surface area contributed by atoms with Gasteiger partial charge in [0.2, 0.25) is 0 Å². The smallest absolute Gasteiger partial charge is 0.275 e. The number of rotatable bonds is 8.